The van der Waals surface area contributed by atoms with E-state index in [1.165, 1.54) is 30.0 Å². The number of quaternary nitrogens is 1. The molecule has 100 valence electrons. The highest BCUT2D eigenvalue weighted by molar-refractivity contribution is 7.71. The highest BCUT2D eigenvalue weighted by atomic mass is 32.1. The van der Waals surface area contributed by atoms with Gasteiger partial charge in [-0.3, -0.25) is 0 Å². The lowest BCUT2D eigenvalue weighted by molar-refractivity contribution is -0.931. The molecule has 0 unspecified atom stereocenters. The molecule has 2 aliphatic heterocycles. The van der Waals surface area contributed by atoms with Crippen molar-refractivity contribution in [1.29, 1.82) is 0 Å². The molecule has 0 spiro atoms. The molecule has 0 bridgehead atoms. The summed E-state index contributed by atoms with van der Waals surface area (Å²) in [6.07, 6.45) is 4.86. The van der Waals surface area contributed by atoms with E-state index >= 15 is 0 Å². The molecule has 1 aromatic rings. The summed E-state index contributed by atoms with van der Waals surface area (Å²) in [4.78, 5) is 1.52. The fourth-order valence-corrected chi connectivity index (χ4v) is 3.06. The van der Waals surface area contributed by atoms with Crippen LogP contribution in [-0.4, -0.2) is 40.7 Å². The van der Waals surface area contributed by atoms with Crippen LogP contribution in [0.3, 0.4) is 0 Å². The molecule has 0 atom stereocenters. The molecule has 3 rings (SSSR count). The molecule has 0 saturated carbocycles. The highest BCUT2D eigenvalue weighted by Gasteiger charge is 2.18. The van der Waals surface area contributed by atoms with Crippen molar-refractivity contribution < 1.29 is 9.64 Å². The van der Waals surface area contributed by atoms with Gasteiger partial charge in [0.15, 0.2) is 6.67 Å². The van der Waals surface area contributed by atoms with Crippen molar-refractivity contribution in [2.24, 2.45) is 0 Å². The predicted octanol–water partition coefficient (Wildman–Crippen LogP) is 0.0131. The van der Waals surface area contributed by atoms with Gasteiger partial charge in [-0.05, 0) is 25.1 Å². The van der Waals surface area contributed by atoms with E-state index in [1.807, 2.05) is 4.68 Å². The van der Waals surface area contributed by atoms with E-state index in [2.05, 4.69) is 4.57 Å². The minimum absolute atomic E-state index is 0.857. The Balaban J connectivity index is 1.78. The first-order valence-electron chi connectivity index (χ1n) is 6.92. The Morgan fingerprint density at radius 2 is 2.06 bits per heavy atom. The highest BCUT2D eigenvalue weighted by Crippen LogP contribution is 2.13. The van der Waals surface area contributed by atoms with Gasteiger partial charge in [-0.25, -0.2) is 0 Å². The van der Waals surface area contributed by atoms with Crippen LogP contribution >= 0.6 is 12.2 Å². The summed E-state index contributed by atoms with van der Waals surface area (Å²) >= 11 is 5.56. The average Bonchev–Trinajstić information content (AvgIpc) is 2.58. The molecule has 18 heavy (non-hydrogen) atoms. The van der Waals surface area contributed by atoms with Crippen molar-refractivity contribution >= 4 is 12.2 Å². The van der Waals surface area contributed by atoms with E-state index in [4.69, 9.17) is 22.1 Å². The topological polar surface area (TPSA) is 36.4 Å². The molecule has 1 fully saturated rings. The quantitative estimate of drug-likeness (QED) is 0.769. The molecule has 5 nitrogen and oxygen atoms in total. The fourth-order valence-electron chi connectivity index (χ4n) is 2.76. The van der Waals surface area contributed by atoms with Crippen LogP contribution in [-0.2, 0) is 24.4 Å². The Bertz CT molecular complexity index is 461. The standard InChI is InChI=1S/C12H20N4OS/c18-12-15-5-3-1-2-4-11(15)13-16(12)10-14-6-8-17-9-7-14/h1-10H2/p+1. The smallest absolute Gasteiger partial charge is 0.202 e. The Kier molecular flexibility index (Phi) is 3.77. The van der Waals surface area contributed by atoms with Gasteiger partial charge in [0.25, 0.3) is 0 Å². The van der Waals surface area contributed by atoms with Gasteiger partial charge in [0.2, 0.25) is 4.77 Å². The maximum atomic E-state index is 5.56. The van der Waals surface area contributed by atoms with Crippen LogP contribution in [0.15, 0.2) is 0 Å². The number of hydrogen-bond donors (Lipinski definition) is 1. The Morgan fingerprint density at radius 3 is 2.89 bits per heavy atom. The van der Waals surface area contributed by atoms with Gasteiger partial charge >= 0.3 is 0 Å². The minimum Gasteiger partial charge on any atom is -0.370 e. The maximum Gasteiger partial charge on any atom is 0.202 e. The summed E-state index contributed by atoms with van der Waals surface area (Å²) in [6.45, 7) is 5.77. The molecule has 6 heteroatoms. The average molecular weight is 269 g/mol. The van der Waals surface area contributed by atoms with E-state index in [9.17, 15) is 0 Å². The van der Waals surface area contributed by atoms with Crippen LogP contribution in [0.4, 0.5) is 0 Å². The van der Waals surface area contributed by atoms with Gasteiger partial charge in [-0.1, -0.05) is 6.42 Å². The lowest BCUT2D eigenvalue weighted by Gasteiger charge is -2.23. The van der Waals surface area contributed by atoms with E-state index in [0.29, 0.717) is 0 Å². The fraction of sp³-hybridized carbons (Fsp3) is 0.833. The number of morpholine rings is 1. The number of nitrogens with one attached hydrogen (secondary N) is 1. The molecule has 0 aliphatic carbocycles. The van der Waals surface area contributed by atoms with Crippen molar-refractivity contribution in [2.45, 2.75) is 38.9 Å². The molecule has 1 aromatic heterocycles. The van der Waals surface area contributed by atoms with Crippen LogP contribution in [0, 0.1) is 4.77 Å². The third-order valence-corrected chi connectivity index (χ3v) is 4.29. The van der Waals surface area contributed by atoms with Gasteiger partial charge in [-0.15, -0.1) is 0 Å². The zero-order valence-electron chi connectivity index (χ0n) is 10.7. The summed E-state index contributed by atoms with van der Waals surface area (Å²) in [6, 6.07) is 0. The molecular weight excluding hydrogens is 248 g/mol. The SMILES string of the molecule is S=c1n(C[NH+]2CCOCC2)nc2n1CCCCC2. The normalized spacial score (nSPS) is 21.6. The number of ether oxygens (including phenoxy) is 1. The van der Waals surface area contributed by atoms with Crippen molar-refractivity contribution in [2.75, 3.05) is 26.3 Å². The van der Waals surface area contributed by atoms with E-state index < -0.39 is 0 Å². The zero-order valence-corrected chi connectivity index (χ0v) is 11.5. The number of hydrogen-bond acceptors (Lipinski definition) is 3. The van der Waals surface area contributed by atoms with Crippen molar-refractivity contribution in [3.05, 3.63) is 10.6 Å². The van der Waals surface area contributed by atoms with E-state index in [0.717, 1.165) is 50.7 Å². The monoisotopic (exact) mass is 269 g/mol. The summed E-state index contributed by atoms with van der Waals surface area (Å²) in [7, 11) is 0. The van der Waals surface area contributed by atoms with Gasteiger partial charge in [0, 0.05) is 13.0 Å². The van der Waals surface area contributed by atoms with Crippen LogP contribution in [0.5, 0.6) is 0 Å². The molecule has 0 amide bonds. The van der Waals surface area contributed by atoms with E-state index in [1.54, 1.807) is 0 Å². The second kappa shape index (κ2) is 5.50. The van der Waals surface area contributed by atoms with Gasteiger partial charge in [0.05, 0.1) is 13.2 Å². The van der Waals surface area contributed by atoms with Crippen molar-refractivity contribution in [1.82, 2.24) is 14.3 Å². The van der Waals surface area contributed by atoms with E-state index in [-0.39, 0.29) is 0 Å². The van der Waals surface area contributed by atoms with Crippen LogP contribution in [0.2, 0.25) is 0 Å². The summed E-state index contributed by atoms with van der Waals surface area (Å²) in [5.41, 5.74) is 0. The number of nitrogens with zero attached hydrogens (tertiary/aromatic N) is 3. The number of rotatable bonds is 2. The zero-order chi connectivity index (χ0) is 12.4. The molecule has 1 saturated heterocycles. The summed E-state index contributed by atoms with van der Waals surface area (Å²) in [5.74, 6) is 1.19. The third kappa shape index (κ3) is 2.50. The Morgan fingerprint density at radius 1 is 1.22 bits per heavy atom. The van der Waals surface area contributed by atoms with Gasteiger partial charge < -0.3 is 14.2 Å². The van der Waals surface area contributed by atoms with Gasteiger partial charge in [-0.2, -0.15) is 9.78 Å². The Labute approximate surface area is 112 Å². The molecule has 0 aromatic carbocycles. The summed E-state index contributed by atoms with van der Waals surface area (Å²) < 4.78 is 10.6. The molecule has 1 N–H and O–H groups in total. The maximum absolute atomic E-state index is 5.56. The molecular formula is C12H21N4OS+. The van der Waals surface area contributed by atoms with Crippen LogP contribution in [0.25, 0.3) is 0 Å². The second-order valence-corrected chi connectivity index (χ2v) is 5.55. The Hall–Kier alpha value is -0.720. The first kappa shape index (κ1) is 12.3. The molecule has 0 radical (unpaired) electrons. The van der Waals surface area contributed by atoms with Crippen molar-refractivity contribution in [3.63, 3.8) is 0 Å². The number of aryl methyl sites for hydroxylation is 1. The van der Waals surface area contributed by atoms with Crippen LogP contribution in [0.1, 0.15) is 25.1 Å². The molecule has 2 aliphatic rings. The first-order valence-corrected chi connectivity index (χ1v) is 7.33. The third-order valence-electron chi connectivity index (χ3n) is 3.85. The number of fused-ring (bicyclic) bond motifs is 1. The number of aromatic nitrogens is 3. The van der Waals surface area contributed by atoms with Crippen LogP contribution < -0.4 is 4.90 Å². The van der Waals surface area contributed by atoms with Crippen molar-refractivity contribution in [3.8, 4) is 0 Å². The summed E-state index contributed by atoms with van der Waals surface area (Å²) in [5, 5.41) is 4.72. The second-order valence-electron chi connectivity index (χ2n) is 5.18. The minimum atomic E-state index is 0.857. The lowest BCUT2D eigenvalue weighted by Crippen LogP contribution is -3.13. The van der Waals surface area contributed by atoms with Gasteiger partial charge in [0.1, 0.15) is 18.9 Å². The first-order chi connectivity index (χ1) is 8.84. The lowest BCUT2D eigenvalue weighted by atomic mass is 10.2. The predicted molar refractivity (Wildman–Crippen MR) is 70.1 cm³/mol. The largest absolute Gasteiger partial charge is 0.370 e. The molecule has 3 heterocycles.